The Balaban J connectivity index is 2.05. The van der Waals surface area contributed by atoms with Crippen LogP contribution in [0.1, 0.15) is 32.8 Å². The topological polar surface area (TPSA) is 77.5 Å². The van der Waals surface area contributed by atoms with Gasteiger partial charge in [0.15, 0.2) is 8.32 Å². The predicted octanol–water partition coefficient (Wildman–Crippen LogP) is 4.63. The van der Waals surface area contributed by atoms with Gasteiger partial charge < -0.3 is 14.1 Å². The minimum Gasteiger partial charge on any atom is -0.414 e. The summed E-state index contributed by atoms with van der Waals surface area (Å²) in [5.74, 6) is 0. The fourth-order valence-electron chi connectivity index (χ4n) is 2.65. The standard InChI is InChI=1S/C19H30N2O4Si/c1-14-12-20(18-11-15(21(23)24)7-8-17(14)18)10-9-16(22)13-25-26(5,6)19(2,3)4/h7-8,11-12,16,22H,9-10,13H2,1-6H3/t16-/m0/s1. The summed E-state index contributed by atoms with van der Waals surface area (Å²) in [6.07, 6.45) is 1.97. The summed E-state index contributed by atoms with van der Waals surface area (Å²) in [7, 11) is -1.88. The van der Waals surface area contributed by atoms with E-state index in [-0.39, 0.29) is 15.6 Å². The third kappa shape index (κ3) is 4.52. The second-order valence-electron chi connectivity index (χ2n) is 8.48. The summed E-state index contributed by atoms with van der Waals surface area (Å²) in [5, 5.41) is 22.5. The van der Waals surface area contributed by atoms with Crippen LogP contribution in [0.4, 0.5) is 5.69 Å². The number of aliphatic hydroxyl groups is 1. The van der Waals surface area contributed by atoms with Gasteiger partial charge in [0.05, 0.1) is 23.2 Å². The lowest BCUT2D eigenvalue weighted by molar-refractivity contribution is -0.384. The van der Waals surface area contributed by atoms with Crippen LogP contribution < -0.4 is 0 Å². The van der Waals surface area contributed by atoms with Gasteiger partial charge in [0.25, 0.3) is 5.69 Å². The SMILES string of the molecule is Cc1cn(CC[C@H](O)CO[Si](C)(C)C(C)(C)C)c2cc([N+](=O)[O-])ccc12. The number of fused-ring (bicyclic) bond motifs is 1. The lowest BCUT2D eigenvalue weighted by Gasteiger charge is -2.36. The van der Waals surface area contributed by atoms with E-state index in [0.29, 0.717) is 19.6 Å². The monoisotopic (exact) mass is 378 g/mol. The van der Waals surface area contributed by atoms with Gasteiger partial charge in [0.1, 0.15) is 0 Å². The van der Waals surface area contributed by atoms with Crippen LogP contribution in [0.2, 0.25) is 18.1 Å². The molecule has 2 aromatic rings. The number of nitro groups is 1. The summed E-state index contributed by atoms with van der Waals surface area (Å²) in [4.78, 5) is 10.7. The highest BCUT2D eigenvalue weighted by Crippen LogP contribution is 2.36. The van der Waals surface area contributed by atoms with E-state index in [1.165, 1.54) is 6.07 Å². The van der Waals surface area contributed by atoms with Gasteiger partial charge in [-0.2, -0.15) is 0 Å². The van der Waals surface area contributed by atoms with Gasteiger partial charge in [-0.1, -0.05) is 20.8 Å². The molecule has 1 atom stereocenters. The average molecular weight is 379 g/mol. The number of non-ortho nitro benzene ring substituents is 1. The zero-order chi connectivity index (χ0) is 19.7. The molecule has 0 amide bonds. The van der Waals surface area contributed by atoms with Crippen molar-refractivity contribution in [2.75, 3.05) is 6.61 Å². The first kappa shape index (κ1) is 20.6. The fourth-order valence-corrected chi connectivity index (χ4v) is 3.70. The van der Waals surface area contributed by atoms with Crippen molar-refractivity contribution in [2.45, 2.75) is 64.9 Å². The number of benzene rings is 1. The van der Waals surface area contributed by atoms with Crippen LogP contribution in [0.3, 0.4) is 0 Å². The molecule has 0 unspecified atom stereocenters. The zero-order valence-corrected chi connectivity index (χ0v) is 17.6. The maximum atomic E-state index is 11.0. The number of nitro benzene ring substituents is 1. The fraction of sp³-hybridized carbons (Fsp3) is 0.579. The molecule has 0 saturated heterocycles. The lowest BCUT2D eigenvalue weighted by Crippen LogP contribution is -2.42. The Labute approximate surface area is 156 Å². The first-order chi connectivity index (χ1) is 11.9. The largest absolute Gasteiger partial charge is 0.414 e. The van der Waals surface area contributed by atoms with Crippen molar-refractivity contribution in [1.29, 1.82) is 0 Å². The summed E-state index contributed by atoms with van der Waals surface area (Å²) >= 11 is 0. The molecule has 0 aliphatic rings. The molecule has 1 aromatic carbocycles. The van der Waals surface area contributed by atoms with Crippen LogP contribution in [-0.2, 0) is 11.0 Å². The molecule has 1 heterocycles. The summed E-state index contributed by atoms with van der Waals surface area (Å²) < 4.78 is 8.06. The third-order valence-corrected chi connectivity index (χ3v) is 9.92. The minimum absolute atomic E-state index is 0.0821. The summed E-state index contributed by atoms with van der Waals surface area (Å²) in [5.41, 5.74) is 1.98. The molecule has 0 aliphatic carbocycles. The highest BCUT2D eigenvalue weighted by atomic mass is 28.4. The maximum absolute atomic E-state index is 11.0. The van der Waals surface area contributed by atoms with Gasteiger partial charge in [-0.25, -0.2) is 0 Å². The molecule has 1 aromatic heterocycles. The number of aryl methyl sites for hydroxylation is 2. The Morgan fingerprint density at radius 2 is 2.00 bits per heavy atom. The van der Waals surface area contributed by atoms with Gasteiger partial charge in [-0.3, -0.25) is 10.1 Å². The van der Waals surface area contributed by atoms with Crippen molar-refractivity contribution in [2.24, 2.45) is 0 Å². The van der Waals surface area contributed by atoms with Crippen LogP contribution in [0, 0.1) is 17.0 Å². The van der Waals surface area contributed by atoms with E-state index in [1.54, 1.807) is 12.1 Å². The Kier molecular flexibility index (Phi) is 5.94. The molecule has 144 valence electrons. The van der Waals surface area contributed by atoms with Crippen molar-refractivity contribution < 1.29 is 14.5 Å². The van der Waals surface area contributed by atoms with E-state index >= 15 is 0 Å². The van der Waals surface area contributed by atoms with Gasteiger partial charge in [0.2, 0.25) is 0 Å². The van der Waals surface area contributed by atoms with E-state index in [4.69, 9.17) is 4.43 Å². The Bertz CT molecular complexity index is 793. The molecule has 7 heteroatoms. The van der Waals surface area contributed by atoms with Crippen LogP contribution >= 0.6 is 0 Å². The molecule has 0 radical (unpaired) electrons. The molecule has 26 heavy (non-hydrogen) atoms. The zero-order valence-electron chi connectivity index (χ0n) is 16.6. The maximum Gasteiger partial charge on any atom is 0.271 e. The molecule has 0 bridgehead atoms. The molecule has 2 rings (SSSR count). The minimum atomic E-state index is -1.88. The Morgan fingerprint density at radius 1 is 1.35 bits per heavy atom. The summed E-state index contributed by atoms with van der Waals surface area (Å²) in [6.45, 7) is 13.8. The smallest absolute Gasteiger partial charge is 0.271 e. The number of hydrogen-bond acceptors (Lipinski definition) is 4. The van der Waals surface area contributed by atoms with E-state index in [9.17, 15) is 15.2 Å². The molecule has 1 N–H and O–H groups in total. The normalized spacial score (nSPS) is 14.0. The molecule has 0 fully saturated rings. The number of hydrogen-bond donors (Lipinski definition) is 1. The quantitative estimate of drug-likeness (QED) is 0.433. The van der Waals surface area contributed by atoms with E-state index in [1.807, 2.05) is 17.7 Å². The highest BCUT2D eigenvalue weighted by molar-refractivity contribution is 6.74. The lowest BCUT2D eigenvalue weighted by atomic mass is 10.2. The van der Waals surface area contributed by atoms with Crippen LogP contribution in [-0.4, -0.2) is 35.6 Å². The average Bonchev–Trinajstić information content (AvgIpc) is 2.85. The number of rotatable bonds is 7. The predicted molar refractivity (Wildman–Crippen MR) is 107 cm³/mol. The van der Waals surface area contributed by atoms with Crippen LogP contribution in [0.5, 0.6) is 0 Å². The van der Waals surface area contributed by atoms with Crippen LogP contribution in [0.25, 0.3) is 10.9 Å². The van der Waals surface area contributed by atoms with Crippen molar-refractivity contribution in [3.63, 3.8) is 0 Å². The van der Waals surface area contributed by atoms with E-state index < -0.39 is 14.4 Å². The van der Waals surface area contributed by atoms with Crippen molar-refractivity contribution in [3.05, 3.63) is 40.1 Å². The van der Waals surface area contributed by atoms with Crippen molar-refractivity contribution >= 4 is 24.9 Å². The van der Waals surface area contributed by atoms with Gasteiger partial charge >= 0.3 is 0 Å². The van der Waals surface area contributed by atoms with E-state index in [2.05, 4.69) is 33.9 Å². The summed E-state index contributed by atoms with van der Waals surface area (Å²) in [6, 6.07) is 4.92. The number of aliphatic hydroxyl groups excluding tert-OH is 1. The van der Waals surface area contributed by atoms with Crippen LogP contribution in [0.15, 0.2) is 24.4 Å². The number of aromatic nitrogens is 1. The first-order valence-corrected chi connectivity index (χ1v) is 11.9. The first-order valence-electron chi connectivity index (χ1n) is 8.98. The van der Waals surface area contributed by atoms with Gasteiger partial charge in [0, 0.05) is 30.3 Å². The Morgan fingerprint density at radius 3 is 2.58 bits per heavy atom. The van der Waals surface area contributed by atoms with Crippen molar-refractivity contribution in [3.8, 4) is 0 Å². The number of nitrogens with zero attached hydrogens (tertiary/aromatic N) is 2. The molecule has 0 aliphatic heterocycles. The third-order valence-electron chi connectivity index (χ3n) is 5.42. The molecular weight excluding hydrogens is 348 g/mol. The highest BCUT2D eigenvalue weighted by Gasteiger charge is 2.37. The second-order valence-corrected chi connectivity index (χ2v) is 13.3. The van der Waals surface area contributed by atoms with Crippen molar-refractivity contribution in [1.82, 2.24) is 4.57 Å². The molecular formula is C19H30N2O4Si. The molecule has 0 saturated carbocycles. The Hall–Kier alpha value is -1.70. The molecule has 0 spiro atoms. The van der Waals surface area contributed by atoms with Gasteiger partial charge in [-0.05, 0) is 43.1 Å². The second kappa shape index (κ2) is 7.50. The van der Waals surface area contributed by atoms with E-state index in [0.717, 1.165) is 16.5 Å². The van der Waals surface area contributed by atoms with Gasteiger partial charge in [-0.15, -0.1) is 0 Å². The molecule has 6 nitrogen and oxygen atoms in total.